The normalized spacial score (nSPS) is 41.6. The smallest absolute Gasteiger partial charge is 0.231 e. The minimum Gasteiger partial charge on any atom is -0.396 e. The summed E-state index contributed by atoms with van der Waals surface area (Å²) in [6.45, 7) is 38.0. The van der Waals surface area contributed by atoms with E-state index in [1.807, 2.05) is 93.2 Å². The molecule has 0 aromatic carbocycles. The molecule has 0 aromatic heterocycles. The van der Waals surface area contributed by atoms with Gasteiger partial charge < -0.3 is 84.5 Å². The first kappa shape index (κ1) is 84.3. The monoisotopic (exact) mass is 1460 g/mol. The Morgan fingerprint density at radius 3 is 0.837 bits per heavy atom. The Labute approximate surface area is 622 Å². The van der Waals surface area contributed by atoms with E-state index in [9.17, 15) is 65.1 Å². The fraction of sp³-hybridized carbons (Fsp3) is 0.855. The number of rotatable bonds is 16. The molecule has 104 heavy (non-hydrogen) atoms. The van der Waals surface area contributed by atoms with Gasteiger partial charge in [0.15, 0.2) is 0 Å². The molecule has 12 aliphatic rings. The number of carbonyl (C=O) groups excluding carboxylic acids is 4. The number of aliphatic hydroxyl groups is 9. The molecule has 0 saturated carbocycles. The van der Waals surface area contributed by atoms with Crippen LogP contribution in [0.2, 0.25) is 0 Å². The zero-order valence-corrected chi connectivity index (χ0v) is 66.9. The molecule has 9 N–H and O–H groups in total. The molecule has 12 rings (SSSR count). The predicted molar refractivity (Wildman–Crippen MR) is 398 cm³/mol. The Morgan fingerprint density at radius 1 is 0.394 bits per heavy atom. The van der Waals surface area contributed by atoms with Gasteiger partial charge in [-0.15, -0.1) is 0 Å². The second-order valence-electron chi connectivity index (χ2n) is 38.3. The molecule has 4 amide bonds. The minimum atomic E-state index is -1.49. The Bertz CT molecular complexity index is 2730. The molecular weight excluding hydrogens is 1320 g/mol. The number of carbonyl (C=O) groups is 4. The molecular formula is C83H138N4O17. The van der Waals surface area contributed by atoms with Gasteiger partial charge in [0.25, 0.3) is 0 Å². The first-order chi connectivity index (χ1) is 48.3. The van der Waals surface area contributed by atoms with E-state index in [-0.39, 0.29) is 127 Å². The van der Waals surface area contributed by atoms with Gasteiger partial charge in [0.1, 0.15) is 63.9 Å². The van der Waals surface area contributed by atoms with E-state index in [1.54, 1.807) is 35.5 Å². The van der Waals surface area contributed by atoms with Crippen molar-refractivity contribution in [3.05, 3.63) is 48.6 Å². The van der Waals surface area contributed by atoms with Gasteiger partial charge in [-0.3, -0.25) is 19.2 Å². The SMILES string of the molecule is CC(C)(C)[C@@H]1OC[C@]2([C@@H](O)[C@@H]3C=CCCC3)N1C(=O)[C@H](CCO)[C@]2(C)O.CC(C)(C)[C@@H]1OC[C@]2([C@H](O)[C@@H]3C=CCCC3)N1C(=O)[C@H](CCO)[C@]2(C)O.CCC[C@H]1C(=O)N2[C@H](C(C)(C)C)OC[C@@]2([C@@H](C)[C@@H]2C=CCCC2)[C@@]1(C)O.CCC[C@H]1C(=O)N2[C@H](C(C)(C)C)OC[C@@]2([C@@H](O)[C@@H]2C=CCCC2)[C@@]1(C)O. The number of ether oxygens (including phenoxy) is 4. The van der Waals surface area contributed by atoms with Gasteiger partial charge in [-0.1, -0.05) is 165 Å². The van der Waals surface area contributed by atoms with Gasteiger partial charge in [0, 0.05) is 52.6 Å². The van der Waals surface area contributed by atoms with Crippen molar-refractivity contribution in [3.8, 4) is 0 Å². The van der Waals surface area contributed by atoms with E-state index in [2.05, 4.69) is 71.1 Å². The summed E-state index contributed by atoms with van der Waals surface area (Å²) in [4.78, 5) is 60.4. The standard InChI is InChI=1S/C22H37NO3.C21H35NO4.2C20H33NO5/c1-7-11-17-18(24)23-19(20(3,4)5)26-14-22(23,21(17,6)25)15(2)16-12-9-8-10-13-16;1-6-10-15-17(24)22-18(19(2,3)4)26-13-21(22,20(15,5)25)16(23)14-11-8-7-9-12-14;2*1-18(2,3)17-21-16(24)14(10-11-22)19(4,25)20(21,12-26-17)15(23)13-8-6-5-7-9-13/h9,12,15-17,19,25H,7-8,10-11,13-14H2,1-6H3;8,11,14-16,18,23,25H,6-7,9-10,12-13H2,1-5H3;2*6,8,13-15,17,22-23,25H,5,7,9-12H2,1-4H3/t15-,16+,17-,19-,21-,22+;14-,15+,16+,18+,20+,21-;13-,14+,15+,17+,19+,20-;13-,14+,15-,17+,19+,20-/m0111/s1. The van der Waals surface area contributed by atoms with Gasteiger partial charge in [0.05, 0.1) is 74.0 Å². The largest absolute Gasteiger partial charge is 0.396 e. The minimum absolute atomic E-state index is 0.0618. The summed E-state index contributed by atoms with van der Waals surface area (Å²) < 4.78 is 24.4. The van der Waals surface area contributed by atoms with Crippen molar-refractivity contribution in [1.82, 2.24) is 19.6 Å². The van der Waals surface area contributed by atoms with Crippen LogP contribution in [0, 0.1) is 74.9 Å². The van der Waals surface area contributed by atoms with E-state index < -0.39 is 99.3 Å². The van der Waals surface area contributed by atoms with Crippen molar-refractivity contribution >= 4 is 23.6 Å². The van der Waals surface area contributed by atoms with Crippen LogP contribution in [0.15, 0.2) is 48.6 Å². The first-order valence-electron chi connectivity index (χ1n) is 40.0. The van der Waals surface area contributed by atoms with Crippen LogP contribution in [0.4, 0.5) is 0 Å². The van der Waals surface area contributed by atoms with Gasteiger partial charge in [0.2, 0.25) is 23.6 Å². The molecule has 8 heterocycles. The summed E-state index contributed by atoms with van der Waals surface area (Å²) in [7, 11) is 0. The quantitative estimate of drug-likeness (QED) is 0.0649. The van der Waals surface area contributed by atoms with Gasteiger partial charge >= 0.3 is 0 Å². The van der Waals surface area contributed by atoms with E-state index in [4.69, 9.17) is 18.9 Å². The van der Waals surface area contributed by atoms with Crippen molar-refractivity contribution in [2.24, 2.45) is 74.9 Å². The van der Waals surface area contributed by atoms with Crippen molar-refractivity contribution < 1.29 is 84.1 Å². The van der Waals surface area contributed by atoms with Crippen LogP contribution in [-0.4, -0.2) is 217 Å². The van der Waals surface area contributed by atoms with Gasteiger partial charge in [-0.2, -0.15) is 0 Å². The topological polar surface area (TPSA) is 300 Å². The maximum atomic E-state index is 13.5. The summed E-state index contributed by atoms with van der Waals surface area (Å²) >= 11 is 0. The number of hydrogen-bond acceptors (Lipinski definition) is 17. The van der Waals surface area contributed by atoms with Gasteiger partial charge in [-0.25, -0.2) is 0 Å². The number of hydrogen-bond donors (Lipinski definition) is 9. The number of allylic oxidation sites excluding steroid dienone is 5. The Morgan fingerprint density at radius 2 is 0.615 bits per heavy atom. The molecule has 8 saturated heterocycles. The molecule has 592 valence electrons. The van der Waals surface area contributed by atoms with E-state index in [0.717, 1.165) is 89.9 Å². The van der Waals surface area contributed by atoms with E-state index in [0.29, 0.717) is 18.9 Å². The summed E-state index contributed by atoms with van der Waals surface area (Å²) in [5, 5.41) is 99.7. The lowest BCUT2D eigenvalue weighted by atomic mass is 9.64. The Balaban J connectivity index is 0.000000161. The van der Waals surface area contributed by atoms with Gasteiger partial charge in [-0.05, 0) is 142 Å². The third-order valence-corrected chi connectivity index (χ3v) is 27.1. The van der Waals surface area contributed by atoms with Crippen molar-refractivity contribution in [3.63, 3.8) is 0 Å². The van der Waals surface area contributed by atoms with Crippen LogP contribution in [0.5, 0.6) is 0 Å². The third-order valence-electron chi connectivity index (χ3n) is 27.1. The molecule has 21 nitrogen and oxygen atoms in total. The second kappa shape index (κ2) is 30.9. The molecule has 0 aromatic rings. The average Bonchev–Trinajstić information content (AvgIpc) is 1.55. The van der Waals surface area contributed by atoms with Crippen LogP contribution in [0.25, 0.3) is 0 Å². The van der Waals surface area contributed by atoms with Crippen molar-refractivity contribution in [2.75, 3.05) is 39.6 Å². The summed E-state index contributed by atoms with van der Waals surface area (Å²) in [5.41, 5.74) is -10.7. The Kier molecular flexibility index (Phi) is 25.0. The average molecular weight is 1460 g/mol. The molecule has 0 spiro atoms. The third kappa shape index (κ3) is 13.7. The summed E-state index contributed by atoms with van der Waals surface area (Å²) in [6, 6.07) is 0. The number of amides is 4. The highest BCUT2D eigenvalue weighted by molar-refractivity contribution is 5.88. The van der Waals surface area contributed by atoms with E-state index >= 15 is 0 Å². The first-order valence-corrected chi connectivity index (χ1v) is 40.0. The molecule has 8 aliphatic heterocycles. The maximum absolute atomic E-state index is 13.5. The predicted octanol–water partition coefficient (Wildman–Crippen LogP) is 9.86. The van der Waals surface area contributed by atoms with Crippen LogP contribution in [-0.2, 0) is 38.1 Å². The lowest BCUT2D eigenvalue weighted by Gasteiger charge is -2.49. The molecule has 4 aliphatic carbocycles. The molecule has 0 radical (unpaired) electrons. The molecule has 21 heteroatoms. The number of fused-ring (bicyclic) bond motifs is 4. The van der Waals surface area contributed by atoms with Crippen LogP contribution < -0.4 is 0 Å². The van der Waals surface area contributed by atoms with Crippen LogP contribution in [0.3, 0.4) is 0 Å². The zero-order chi connectivity index (χ0) is 77.3. The fourth-order valence-corrected chi connectivity index (χ4v) is 21.3. The Hall–Kier alpha value is -3.68. The zero-order valence-electron chi connectivity index (χ0n) is 66.9. The van der Waals surface area contributed by atoms with Crippen molar-refractivity contribution in [1.29, 1.82) is 0 Å². The number of aliphatic hydroxyl groups excluding tert-OH is 5. The molecule has 0 unspecified atom stereocenters. The number of nitrogens with zero attached hydrogens (tertiary/aromatic N) is 4. The fourth-order valence-electron chi connectivity index (χ4n) is 21.3. The highest BCUT2D eigenvalue weighted by Gasteiger charge is 2.78. The highest BCUT2D eigenvalue weighted by Crippen LogP contribution is 2.61. The lowest BCUT2D eigenvalue weighted by molar-refractivity contribution is -0.149. The summed E-state index contributed by atoms with van der Waals surface area (Å²) in [5.74, 6) is -2.56. The highest BCUT2D eigenvalue weighted by atomic mass is 16.5. The van der Waals surface area contributed by atoms with Crippen molar-refractivity contribution in [2.45, 2.75) is 335 Å². The van der Waals surface area contributed by atoms with Crippen LogP contribution >= 0.6 is 0 Å². The molecule has 0 bridgehead atoms. The van der Waals surface area contributed by atoms with E-state index in [1.165, 1.54) is 6.42 Å². The second-order valence-corrected chi connectivity index (χ2v) is 38.3. The lowest BCUT2D eigenvalue weighted by Crippen LogP contribution is -2.67. The summed E-state index contributed by atoms with van der Waals surface area (Å²) in [6.07, 6.45) is 27.8. The maximum Gasteiger partial charge on any atom is 0.231 e. The molecule has 8 fully saturated rings. The van der Waals surface area contributed by atoms with Crippen LogP contribution in [0.1, 0.15) is 247 Å². The molecule has 24 atom stereocenters.